The Morgan fingerprint density at radius 1 is 0.902 bits per heavy atom. The van der Waals surface area contributed by atoms with E-state index in [-0.39, 0.29) is 16.7 Å². The van der Waals surface area contributed by atoms with Crippen LogP contribution in [-0.4, -0.2) is 28.1 Å². The molecule has 3 aromatic rings. The van der Waals surface area contributed by atoms with Crippen molar-refractivity contribution in [3.63, 3.8) is 0 Å². The number of rotatable bonds is 6. The molecule has 2 aromatic heterocycles. The van der Waals surface area contributed by atoms with E-state index in [2.05, 4.69) is 9.97 Å². The predicted octanol–water partition coefficient (Wildman–Crippen LogP) is 7.99. The molecule has 0 spiro atoms. The molecule has 1 aromatic carbocycles. The van der Waals surface area contributed by atoms with Gasteiger partial charge in [0.05, 0.1) is 16.7 Å². The topological polar surface area (TPSA) is 46.1 Å². The molecular formula is C33H33F4N3O. The molecule has 6 aliphatic rings. The third-order valence-electron chi connectivity index (χ3n) is 10.6. The summed E-state index contributed by atoms with van der Waals surface area (Å²) in [6.45, 7) is 2.55. The fourth-order valence-electron chi connectivity index (χ4n) is 8.02. The number of aromatic nitrogens is 2. The number of carbonyl (C=O) groups is 1. The van der Waals surface area contributed by atoms with Crippen molar-refractivity contribution in [3.8, 4) is 11.3 Å². The van der Waals surface area contributed by atoms with Crippen LogP contribution in [0.3, 0.4) is 0 Å². The van der Waals surface area contributed by atoms with Crippen LogP contribution in [0.25, 0.3) is 11.3 Å². The van der Waals surface area contributed by atoms with Crippen LogP contribution in [0, 0.1) is 17.8 Å². The molecule has 6 fully saturated rings. The van der Waals surface area contributed by atoms with Crippen LogP contribution >= 0.6 is 0 Å². The molecule has 41 heavy (non-hydrogen) atoms. The molecule has 0 N–H and O–H groups in total. The number of anilines is 1. The summed E-state index contributed by atoms with van der Waals surface area (Å²) >= 11 is 0. The van der Waals surface area contributed by atoms with Crippen molar-refractivity contribution >= 4 is 11.6 Å². The fourth-order valence-corrected chi connectivity index (χ4v) is 8.02. The number of halogens is 4. The van der Waals surface area contributed by atoms with E-state index in [9.17, 15) is 22.4 Å². The summed E-state index contributed by atoms with van der Waals surface area (Å²) in [5.74, 6) is 0.0206. The molecule has 6 aliphatic carbocycles. The van der Waals surface area contributed by atoms with E-state index in [1.54, 1.807) is 6.07 Å². The van der Waals surface area contributed by atoms with Gasteiger partial charge in [-0.05, 0) is 106 Å². The highest BCUT2D eigenvalue weighted by Gasteiger charge is 2.73. The average molecular weight is 564 g/mol. The standard InChI is InChI=1S/C33H33F4N3O/c1-22-5-7-26(38-16-22)23-3-2-4-25(15-23)40(28(41)31-18-32(34,19-31)20-31)21-29-9-12-30(13-10-29,14-11-29)27-8-6-24(17-39-27)33(35,36)37/h2-8,15-17H,9-14,18-21H2,1H3. The maximum Gasteiger partial charge on any atom is 0.417 e. The molecule has 0 aliphatic heterocycles. The minimum atomic E-state index is -4.40. The van der Waals surface area contributed by atoms with E-state index < -0.39 is 22.8 Å². The Balaban J connectivity index is 1.15. The maximum absolute atomic E-state index is 14.5. The normalized spacial score (nSPS) is 31.7. The van der Waals surface area contributed by atoms with Gasteiger partial charge in [0.2, 0.25) is 5.91 Å². The summed E-state index contributed by atoms with van der Waals surface area (Å²) in [6.07, 6.45) is 4.43. The van der Waals surface area contributed by atoms with E-state index in [0.717, 1.165) is 79.0 Å². The zero-order valence-corrected chi connectivity index (χ0v) is 23.1. The second-order valence-electron chi connectivity index (χ2n) is 13.3. The minimum Gasteiger partial charge on any atom is -0.311 e. The zero-order chi connectivity index (χ0) is 28.7. The van der Waals surface area contributed by atoms with E-state index in [4.69, 9.17) is 0 Å². The van der Waals surface area contributed by atoms with Crippen molar-refractivity contribution in [2.75, 3.05) is 11.4 Å². The van der Waals surface area contributed by atoms with E-state index in [0.29, 0.717) is 25.8 Å². The quantitative estimate of drug-likeness (QED) is 0.286. The molecule has 0 unspecified atom stereocenters. The summed E-state index contributed by atoms with van der Waals surface area (Å²) in [5, 5.41) is 0. The number of hydrogen-bond donors (Lipinski definition) is 0. The van der Waals surface area contributed by atoms with Crippen molar-refractivity contribution in [3.05, 3.63) is 77.7 Å². The number of amides is 1. The van der Waals surface area contributed by atoms with Gasteiger partial charge >= 0.3 is 6.18 Å². The number of nitrogens with zero attached hydrogens (tertiary/aromatic N) is 3. The molecule has 1 amide bonds. The third-order valence-corrected chi connectivity index (χ3v) is 10.6. The first-order valence-electron chi connectivity index (χ1n) is 14.5. The van der Waals surface area contributed by atoms with Gasteiger partial charge in [-0.15, -0.1) is 0 Å². The summed E-state index contributed by atoms with van der Waals surface area (Å²) in [4.78, 5) is 24.9. The molecule has 2 heterocycles. The molecule has 8 heteroatoms. The van der Waals surface area contributed by atoms with E-state index in [1.165, 1.54) is 0 Å². The van der Waals surface area contributed by atoms with Crippen LogP contribution in [0.5, 0.6) is 0 Å². The lowest BCUT2D eigenvalue weighted by molar-refractivity contribution is -0.211. The van der Waals surface area contributed by atoms with E-state index in [1.807, 2.05) is 54.4 Å². The second-order valence-corrected chi connectivity index (χ2v) is 13.3. The number of aryl methyl sites for hydroxylation is 1. The van der Waals surface area contributed by atoms with Crippen LogP contribution in [0.4, 0.5) is 23.2 Å². The first-order chi connectivity index (χ1) is 19.4. The Kier molecular flexibility index (Phi) is 5.74. The Morgan fingerprint density at radius 2 is 1.61 bits per heavy atom. The molecule has 0 radical (unpaired) electrons. The molecule has 214 valence electrons. The van der Waals surface area contributed by atoms with Crippen molar-refractivity contribution in [2.24, 2.45) is 10.8 Å². The largest absolute Gasteiger partial charge is 0.417 e. The van der Waals surface area contributed by atoms with Crippen LogP contribution < -0.4 is 4.90 Å². The lowest BCUT2D eigenvalue weighted by atomic mass is 9.41. The number of benzene rings is 1. The Morgan fingerprint density at radius 3 is 2.17 bits per heavy atom. The summed E-state index contributed by atoms with van der Waals surface area (Å²) in [7, 11) is 0. The zero-order valence-electron chi connectivity index (χ0n) is 23.1. The van der Waals surface area contributed by atoms with Gasteiger partial charge in [0.25, 0.3) is 0 Å². The molecule has 0 atom stereocenters. The van der Waals surface area contributed by atoms with Gasteiger partial charge in [-0.3, -0.25) is 14.8 Å². The summed E-state index contributed by atoms with van der Waals surface area (Å²) < 4.78 is 53.8. The SMILES string of the molecule is Cc1ccc(-c2cccc(N(CC34CCC(c5ccc(C(F)(F)F)cn5)(CC3)CC4)C(=O)C34CC(F)(C3)C4)c2)nc1. The average Bonchev–Trinajstić information content (AvgIpc) is 2.94. The molecule has 4 bridgehead atoms. The Hall–Kier alpha value is -3.29. The number of hydrogen-bond acceptors (Lipinski definition) is 3. The lowest BCUT2D eigenvalue weighted by Crippen LogP contribution is -2.71. The molecule has 4 nitrogen and oxygen atoms in total. The fraction of sp³-hybridized carbons (Fsp3) is 0.485. The van der Waals surface area contributed by atoms with Gasteiger partial charge in [-0.2, -0.15) is 13.2 Å². The van der Waals surface area contributed by atoms with Crippen molar-refractivity contribution < 1.29 is 22.4 Å². The number of pyridine rings is 2. The maximum atomic E-state index is 14.5. The van der Waals surface area contributed by atoms with Gasteiger partial charge in [0.1, 0.15) is 5.67 Å². The number of alkyl halides is 4. The molecule has 6 saturated carbocycles. The third kappa shape index (κ3) is 4.36. The van der Waals surface area contributed by atoms with Gasteiger partial charge in [0, 0.05) is 41.3 Å². The highest BCUT2D eigenvalue weighted by molar-refractivity contribution is 6.00. The second kappa shape index (κ2) is 8.85. The predicted molar refractivity (Wildman–Crippen MR) is 148 cm³/mol. The molecule has 9 rings (SSSR count). The van der Waals surface area contributed by atoms with Crippen LogP contribution in [0.2, 0.25) is 0 Å². The molecule has 0 saturated heterocycles. The smallest absolute Gasteiger partial charge is 0.311 e. The Labute approximate surface area is 237 Å². The first-order valence-corrected chi connectivity index (χ1v) is 14.5. The minimum absolute atomic E-state index is 0.0206. The number of carbonyl (C=O) groups excluding carboxylic acids is 1. The van der Waals surface area contributed by atoms with E-state index >= 15 is 0 Å². The van der Waals surface area contributed by atoms with Gasteiger partial charge in [0.15, 0.2) is 0 Å². The molecular weight excluding hydrogens is 530 g/mol. The summed E-state index contributed by atoms with van der Waals surface area (Å²) in [5.41, 5.74) is 1.60. The Bertz CT molecular complexity index is 1450. The van der Waals surface area contributed by atoms with Crippen molar-refractivity contribution in [1.82, 2.24) is 9.97 Å². The van der Waals surface area contributed by atoms with Crippen LogP contribution in [0.15, 0.2) is 60.9 Å². The van der Waals surface area contributed by atoms with Crippen LogP contribution in [-0.2, 0) is 16.4 Å². The monoisotopic (exact) mass is 563 g/mol. The number of fused-ring (bicyclic) bond motifs is 3. The van der Waals surface area contributed by atoms with Gasteiger partial charge < -0.3 is 4.90 Å². The van der Waals surface area contributed by atoms with Crippen LogP contribution in [0.1, 0.15) is 74.6 Å². The highest BCUT2D eigenvalue weighted by atomic mass is 19.4. The lowest BCUT2D eigenvalue weighted by Gasteiger charge is -2.65. The van der Waals surface area contributed by atoms with Gasteiger partial charge in [-0.1, -0.05) is 18.2 Å². The van der Waals surface area contributed by atoms with Gasteiger partial charge in [-0.25, -0.2) is 4.39 Å². The van der Waals surface area contributed by atoms with Crippen molar-refractivity contribution in [2.45, 2.75) is 82.0 Å². The highest BCUT2D eigenvalue weighted by Crippen LogP contribution is 2.70. The summed E-state index contributed by atoms with van der Waals surface area (Å²) in [6, 6.07) is 14.6. The first kappa shape index (κ1) is 26.6. The van der Waals surface area contributed by atoms with Crippen molar-refractivity contribution in [1.29, 1.82) is 0 Å².